The van der Waals surface area contributed by atoms with Gasteiger partial charge in [0.2, 0.25) is 0 Å². The van der Waals surface area contributed by atoms with Crippen molar-refractivity contribution in [2.75, 3.05) is 0 Å². The lowest BCUT2D eigenvalue weighted by Gasteiger charge is -2.17. The fourth-order valence-electron chi connectivity index (χ4n) is 2.81. The summed E-state index contributed by atoms with van der Waals surface area (Å²) < 4.78 is 0. The Labute approximate surface area is 85.6 Å². The lowest BCUT2D eigenvalue weighted by molar-refractivity contribution is -0.123. The van der Waals surface area contributed by atoms with Gasteiger partial charge in [0.25, 0.3) is 0 Å². The summed E-state index contributed by atoms with van der Waals surface area (Å²) in [5, 5.41) is 0. The molecule has 0 aromatic rings. The first kappa shape index (κ1) is 9.52. The van der Waals surface area contributed by atoms with Crippen molar-refractivity contribution >= 4 is 5.78 Å². The molecule has 2 rings (SSSR count). The van der Waals surface area contributed by atoms with Gasteiger partial charge in [0.15, 0.2) is 0 Å². The average Bonchev–Trinajstić information content (AvgIpc) is 2.45. The van der Waals surface area contributed by atoms with Gasteiger partial charge in [0, 0.05) is 18.3 Å². The molecule has 0 amide bonds. The molecular weight excluding hydrogens is 172 g/mol. The highest BCUT2D eigenvalue weighted by atomic mass is 16.1. The molecule has 0 aliphatic heterocycles. The highest BCUT2D eigenvalue weighted by Gasteiger charge is 2.38. The van der Waals surface area contributed by atoms with Crippen LogP contribution in [-0.2, 0) is 4.79 Å². The van der Waals surface area contributed by atoms with E-state index in [9.17, 15) is 4.79 Å². The molecule has 74 valence electrons. The molecule has 0 heterocycles. The standard InChI is InChI=1S/C13H16O/c1-3-10-5-7-13(14)11-6-4-9(2)12(11)8-10/h1,10-12H,2,4-8H2/t10-,11-,12+/m1/s1. The van der Waals surface area contributed by atoms with Gasteiger partial charge in [0.05, 0.1) is 0 Å². The maximum Gasteiger partial charge on any atom is 0.136 e. The third-order valence-corrected chi connectivity index (χ3v) is 3.71. The van der Waals surface area contributed by atoms with Crippen molar-refractivity contribution in [3.05, 3.63) is 12.2 Å². The number of carbonyl (C=O) groups is 1. The minimum absolute atomic E-state index is 0.251. The molecule has 2 aliphatic rings. The van der Waals surface area contributed by atoms with E-state index in [-0.39, 0.29) is 5.92 Å². The van der Waals surface area contributed by atoms with E-state index in [1.165, 1.54) is 5.57 Å². The highest BCUT2D eigenvalue weighted by molar-refractivity contribution is 5.82. The zero-order valence-corrected chi connectivity index (χ0v) is 8.46. The number of rotatable bonds is 0. The van der Waals surface area contributed by atoms with Crippen molar-refractivity contribution in [1.29, 1.82) is 0 Å². The summed E-state index contributed by atoms with van der Waals surface area (Å²) in [4.78, 5) is 11.8. The van der Waals surface area contributed by atoms with Crippen LogP contribution in [0.4, 0.5) is 0 Å². The molecule has 0 saturated heterocycles. The molecule has 3 atom stereocenters. The highest BCUT2D eigenvalue weighted by Crippen LogP contribution is 2.43. The van der Waals surface area contributed by atoms with Crippen molar-refractivity contribution in [2.24, 2.45) is 17.8 Å². The maximum absolute atomic E-state index is 11.8. The topological polar surface area (TPSA) is 17.1 Å². The van der Waals surface area contributed by atoms with Crippen LogP contribution in [0.1, 0.15) is 32.1 Å². The zero-order valence-electron chi connectivity index (χ0n) is 8.46. The first-order valence-electron chi connectivity index (χ1n) is 5.39. The average molecular weight is 188 g/mol. The van der Waals surface area contributed by atoms with E-state index in [0.717, 1.165) is 25.7 Å². The van der Waals surface area contributed by atoms with Crippen LogP contribution in [0.15, 0.2) is 12.2 Å². The van der Waals surface area contributed by atoms with Gasteiger partial charge in [-0.1, -0.05) is 12.2 Å². The number of hydrogen-bond donors (Lipinski definition) is 0. The lowest BCUT2D eigenvalue weighted by Crippen LogP contribution is -2.17. The van der Waals surface area contributed by atoms with Crippen LogP contribution in [0.3, 0.4) is 0 Å². The van der Waals surface area contributed by atoms with Gasteiger partial charge < -0.3 is 0 Å². The normalized spacial score (nSPS) is 37.5. The smallest absolute Gasteiger partial charge is 0.136 e. The Morgan fingerprint density at radius 1 is 1.29 bits per heavy atom. The molecule has 0 aromatic carbocycles. The molecule has 2 aliphatic carbocycles. The number of hydrogen-bond acceptors (Lipinski definition) is 1. The van der Waals surface area contributed by atoms with Gasteiger partial charge in [-0.15, -0.1) is 12.3 Å². The van der Waals surface area contributed by atoms with Crippen molar-refractivity contribution in [3.8, 4) is 12.3 Å². The fourth-order valence-corrected chi connectivity index (χ4v) is 2.81. The molecule has 2 saturated carbocycles. The lowest BCUT2D eigenvalue weighted by atomic mass is 9.86. The molecule has 14 heavy (non-hydrogen) atoms. The molecule has 0 aromatic heterocycles. The first-order valence-corrected chi connectivity index (χ1v) is 5.39. The predicted molar refractivity (Wildman–Crippen MR) is 56.5 cm³/mol. The number of carbonyl (C=O) groups excluding carboxylic acids is 1. The van der Waals surface area contributed by atoms with E-state index in [0.29, 0.717) is 24.0 Å². The Kier molecular flexibility index (Phi) is 2.46. The van der Waals surface area contributed by atoms with Crippen LogP contribution in [0, 0.1) is 30.1 Å². The minimum atomic E-state index is 0.251. The molecule has 1 nitrogen and oxygen atoms in total. The molecule has 0 unspecified atom stereocenters. The largest absolute Gasteiger partial charge is 0.299 e. The Bertz CT molecular complexity index is 308. The minimum Gasteiger partial charge on any atom is -0.299 e. The Morgan fingerprint density at radius 3 is 2.79 bits per heavy atom. The predicted octanol–water partition coefficient (Wildman–Crippen LogP) is 2.57. The van der Waals surface area contributed by atoms with E-state index < -0.39 is 0 Å². The molecule has 0 spiro atoms. The van der Waals surface area contributed by atoms with Crippen LogP contribution >= 0.6 is 0 Å². The van der Waals surface area contributed by atoms with Crippen LogP contribution in [0.25, 0.3) is 0 Å². The van der Waals surface area contributed by atoms with E-state index in [1.54, 1.807) is 0 Å². The first-order chi connectivity index (χ1) is 6.72. The van der Waals surface area contributed by atoms with E-state index >= 15 is 0 Å². The second kappa shape index (κ2) is 3.61. The summed E-state index contributed by atoms with van der Waals surface area (Å²) in [5.41, 5.74) is 1.26. The molecule has 0 radical (unpaired) electrons. The Hall–Kier alpha value is -1.03. The second-order valence-corrected chi connectivity index (χ2v) is 4.51. The van der Waals surface area contributed by atoms with Gasteiger partial charge in [-0.05, 0) is 31.6 Å². The zero-order chi connectivity index (χ0) is 10.1. The second-order valence-electron chi connectivity index (χ2n) is 4.51. The van der Waals surface area contributed by atoms with E-state index in [1.807, 2.05) is 0 Å². The fraction of sp³-hybridized carbons (Fsp3) is 0.615. The van der Waals surface area contributed by atoms with Crippen molar-refractivity contribution < 1.29 is 4.79 Å². The maximum atomic E-state index is 11.8. The number of terminal acetylenes is 1. The molecule has 2 fully saturated rings. The molecule has 0 bridgehead atoms. The van der Waals surface area contributed by atoms with Gasteiger partial charge in [-0.2, -0.15) is 0 Å². The molecule has 0 N–H and O–H groups in total. The summed E-state index contributed by atoms with van der Waals surface area (Å²) in [5.74, 6) is 4.17. The third kappa shape index (κ3) is 1.50. The van der Waals surface area contributed by atoms with E-state index in [2.05, 4.69) is 12.5 Å². The summed E-state index contributed by atoms with van der Waals surface area (Å²) >= 11 is 0. The number of fused-ring (bicyclic) bond motifs is 1. The number of ketones is 1. The van der Waals surface area contributed by atoms with Gasteiger partial charge in [0.1, 0.15) is 5.78 Å². The number of allylic oxidation sites excluding steroid dienone is 1. The Balaban J connectivity index is 2.21. The van der Waals surface area contributed by atoms with Crippen molar-refractivity contribution in [2.45, 2.75) is 32.1 Å². The van der Waals surface area contributed by atoms with Crippen LogP contribution < -0.4 is 0 Å². The van der Waals surface area contributed by atoms with Crippen LogP contribution in [0.5, 0.6) is 0 Å². The Morgan fingerprint density at radius 2 is 2.07 bits per heavy atom. The monoisotopic (exact) mass is 188 g/mol. The SMILES string of the molecule is C#C[C@@H]1CCC(=O)[C@@H]2CCC(=C)[C@@H]2C1. The van der Waals surface area contributed by atoms with Crippen LogP contribution in [-0.4, -0.2) is 5.78 Å². The number of Topliss-reactive ketones (excluding diaryl/α,β-unsaturated/α-hetero) is 1. The molecule has 1 heteroatoms. The summed E-state index contributed by atoms with van der Waals surface area (Å²) in [6, 6.07) is 0. The summed E-state index contributed by atoms with van der Waals surface area (Å²) in [6.45, 7) is 4.06. The van der Waals surface area contributed by atoms with Gasteiger partial charge in [-0.25, -0.2) is 0 Å². The van der Waals surface area contributed by atoms with Gasteiger partial charge >= 0.3 is 0 Å². The summed E-state index contributed by atoms with van der Waals surface area (Å²) in [7, 11) is 0. The van der Waals surface area contributed by atoms with Crippen molar-refractivity contribution in [3.63, 3.8) is 0 Å². The van der Waals surface area contributed by atoms with E-state index in [4.69, 9.17) is 6.42 Å². The third-order valence-electron chi connectivity index (χ3n) is 3.71. The summed E-state index contributed by atoms with van der Waals surface area (Å²) in [6.07, 6.45) is 10.1. The molecular formula is C13H16O. The van der Waals surface area contributed by atoms with Crippen molar-refractivity contribution in [1.82, 2.24) is 0 Å². The van der Waals surface area contributed by atoms with Gasteiger partial charge in [-0.3, -0.25) is 4.79 Å². The van der Waals surface area contributed by atoms with Crippen LogP contribution in [0.2, 0.25) is 0 Å². The quantitative estimate of drug-likeness (QED) is 0.422.